The standard InChI is InChI=1S/C7H14N4/c1-8-7(9-2)11-5-3-10-4-6-11/h10H,1,3-6H2,2H3. The van der Waals surface area contributed by atoms with Crippen LogP contribution in [0.15, 0.2) is 9.98 Å². The maximum atomic E-state index is 4.02. The zero-order valence-electron chi connectivity index (χ0n) is 6.88. The smallest absolute Gasteiger partial charge is 0.219 e. The fourth-order valence-corrected chi connectivity index (χ4v) is 1.18. The van der Waals surface area contributed by atoms with E-state index < -0.39 is 0 Å². The molecule has 0 saturated carbocycles. The second-order valence-corrected chi connectivity index (χ2v) is 2.42. The Hall–Kier alpha value is -0.900. The van der Waals surface area contributed by atoms with E-state index in [4.69, 9.17) is 0 Å². The van der Waals surface area contributed by atoms with Crippen molar-refractivity contribution in [1.82, 2.24) is 10.2 Å². The number of hydrogen-bond acceptors (Lipinski definition) is 2. The predicted molar refractivity (Wildman–Crippen MR) is 47.4 cm³/mol. The van der Waals surface area contributed by atoms with Crippen molar-refractivity contribution in [1.29, 1.82) is 0 Å². The van der Waals surface area contributed by atoms with Crippen LogP contribution in [0.1, 0.15) is 0 Å². The molecule has 0 aromatic carbocycles. The van der Waals surface area contributed by atoms with E-state index in [9.17, 15) is 0 Å². The molecule has 1 aliphatic heterocycles. The lowest BCUT2D eigenvalue weighted by Crippen LogP contribution is -2.45. The summed E-state index contributed by atoms with van der Waals surface area (Å²) in [6, 6.07) is 0. The van der Waals surface area contributed by atoms with Crippen molar-refractivity contribution in [2.24, 2.45) is 9.98 Å². The number of guanidine groups is 1. The molecule has 1 aliphatic rings. The molecule has 4 heteroatoms. The maximum Gasteiger partial charge on any atom is 0.219 e. The van der Waals surface area contributed by atoms with Gasteiger partial charge in [-0.2, -0.15) is 0 Å². The SMILES string of the molecule is C=NC(=NC)N1CCNCC1. The Labute approximate surface area is 67.0 Å². The van der Waals surface area contributed by atoms with Crippen LogP contribution in [0.2, 0.25) is 0 Å². The highest BCUT2D eigenvalue weighted by Gasteiger charge is 2.11. The molecule has 11 heavy (non-hydrogen) atoms. The molecule has 0 spiro atoms. The van der Waals surface area contributed by atoms with Gasteiger partial charge in [-0.1, -0.05) is 0 Å². The molecule has 4 nitrogen and oxygen atoms in total. The second-order valence-electron chi connectivity index (χ2n) is 2.42. The third-order valence-corrected chi connectivity index (χ3v) is 1.74. The second kappa shape index (κ2) is 4.08. The van der Waals surface area contributed by atoms with Crippen molar-refractivity contribution in [3.05, 3.63) is 0 Å². The third kappa shape index (κ3) is 2.01. The Balaban J connectivity index is 2.49. The number of nitrogens with zero attached hydrogens (tertiary/aromatic N) is 3. The van der Waals surface area contributed by atoms with Gasteiger partial charge in [-0.3, -0.25) is 4.99 Å². The molecule has 1 N–H and O–H groups in total. The van der Waals surface area contributed by atoms with Crippen LogP contribution in [0, 0.1) is 0 Å². The van der Waals surface area contributed by atoms with Crippen LogP contribution in [0.4, 0.5) is 0 Å². The summed E-state index contributed by atoms with van der Waals surface area (Å²) in [5.41, 5.74) is 0. The summed E-state index contributed by atoms with van der Waals surface area (Å²) in [4.78, 5) is 9.97. The minimum absolute atomic E-state index is 0.756. The van der Waals surface area contributed by atoms with Gasteiger partial charge in [0.2, 0.25) is 5.96 Å². The van der Waals surface area contributed by atoms with E-state index in [0.29, 0.717) is 0 Å². The van der Waals surface area contributed by atoms with E-state index in [1.807, 2.05) is 0 Å². The molecule has 0 unspecified atom stereocenters. The van der Waals surface area contributed by atoms with Crippen molar-refractivity contribution < 1.29 is 0 Å². The first kappa shape index (κ1) is 8.20. The first-order chi connectivity index (χ1) is 5.38. The minimum Gasteiger partial charge on any atom is -0.339 e. The average molecular weight is 154 g/mol. The van der Waals surface area contributed by atoms with Crippen LogP contribution in [0.25, 0.3) is 0 Å². The maximum absolute atomic E-state index is 4.02. The van der Waals surface area contributed by atoms with E-state index in [2.05, 4.69) is 26.9 Å². The molecule has 1 rings (SSSR count). The van der Waals surface area contributed by atoms with E-state index >= 15 is 0 Å². The van der Waals surface area contributed by atoms with Crippen molar-refractivity contribution >= 4 is 12.7 Å². The normalized spacial score (nSPS) is 20.1. The molecule has 1 heterocycles. The van der Waals surface area contributed by atoms with Crippen LogP contribution in [-0.4, -0.2) is 50.8 Å². The molecule has 0 aromatic heterocycles. The summed E-state index contributed by atoms with van der Waals surface area (Å²) >= 11 is 0. The van der Waals surface area contributed by atoms with E-state index in [1.54, 1.807) is 7.05 Å². The molecule has 0 aromatic rings. The Bertz CT molecular complexity index is 158. The van der Waals surface area contributed by atoms with Gasteiger partial charge < -0.3 is 10.2 Å². The molecule has 0 radical (unpaired) electrons. The highest BCUT2D eigenvalue weighted by atomic mass is 15.3. The first-order valence-corrected chi connectivity index (χ1v) is 3.77. The Morgan fingerprint density at radius 3 is 2.55 bits per heavy atom. The van der Waals surface area contributed by atoms with Gasteiger partial charge >= 0.3 is 0 Å². The molecule has 1 saturated heterocycles. The summed E-state index contributed by atoms with van der Waals surface area (Å²) in [5, 5.41) is 3.26. The van der Waals surface area contributed by atoms with Gasteiger partial charge in [0.1, 0.15) is 0 Å². The van der Waals surface area contributed by atoms with Gasteiger partial charge in [0, 0.05) is 33.2 Å². The van der Waals surface area contributed by atoms with Crippen molar-refractivity contribution in [2.75, 3.05) is 33.2 Å². The molecule has 0 atom stereocenters. The van der Waals surface area contributed by atoms with Crippen LogP contribution in [-0.2, 0) is 0 Å². The van der Waals surface area contributed by atoms with Gasteiger partial charge in [0.05, 0.1) is 0 Å². The monoisotopic (exact) mass is 154 g/mol. The number of aliphatic imine (C=N–C) groups is 2. The topological polar surface area (TPSA) is 40.0 Å². The average Bonchev–Trinajstić information content (AvgIpc) is 2.09. The van der Waals surface area contributed by atoms with Crippen LogP contribution < -0.4 is 5.32 Å². The van der Waals surface area contributed by atoms with Crippen molar-refractivity contribution in [3.8, 4) is 0 Å². The summed E-state index contributed by atoms with van der Waals surface area (Å²) in [6.07, 6.45) is 0. The van der Waals surface area contributed by atoms with Gasteiger partial charge in [-0.05, 0) is 6.72 Å². The summed E-state index contributed by atoms with van der Waals surface area (Å²) in [6.45, 7) is 7.44. The van der Waals surface area contributed by atoms with Crippen LogP contribution in [0.5, 0.6) is 0 Å². The summed E-state index contributed by atoms with van der Waals surface area (Å²) < 4.78 is 0. The highest BCUT2D eigenvalue weighted by molar-refractivity contribution is 5.84. The zero-order valence-corrected chi connectivity index (χ0v) is 6.88. The molecule has 0 aliphatic carbocycles. The molecule has 1 fully saturated rings. The number of nitrogens with one attached hydrogen (secondary N) is 1. The van der Waals surface area contributed by atoms with E-state index in [1.165, 1.54) is 0 Å². The predicted octanol–water partition coefficient (Wildman–Crippen LogP) is -0.422. The van der Waals surface area contributed by atoms with Gasteiger partial charge in [-0.25, -0.2) is 4.99 Å². The Morgan fingerprint density at radius 2 is 2.09 bits per heavy atom. The van der Waals surface area contributed by atoms with Crippen molar-refractivity contribution in [2.45, 2.75) is 0 Å². The summed E-state index contributed by atoms with van der Waals surface area (Å²) in [5.74, 6) is 0.756. The van der Waals surface area contributed by atoms with Gasteiger partial charge in [0.25, 0.3) is 0 Å². The van der Waals surface area contributed by atoms with Crippen molar-refractivity contribution in [3.63, 3.8) is 0 Å². The quantitative estimate of drug-likeness (QED) is 0.380. The van der Waals surface area contributed by atoms with Crippen LogP contribution in [0.3, 0.4) is 0 Å². The van der Waals surface area contributed by atoms with E-state index in [-0.39, 0.29) is 0 Å². The van der Waals surface area contributed by atoms with Gasteiger partial charge in [0.15, 0.2) is 0 Å². The van der Waals surface area contributed by atoms with Crippen LogP contribution >= 0.6 is 0 Å². The molecule has 62 valence electrons. The minimum atomic E-state index is 0.756. The Morgan fingerprint density at radius 1 is 1.45 bits per heavy atom. The number of hydrogen-bond donors (Lipinski definition) is 1. The number of piperazine rings is 1. The largest absolute Gasteiger partial charge is 0.339 e. The zero-order chi connectivity index (χ0) is 8.10. The first-order valence-electron chi connectivity index (χ1n) is 3.77. The lowest BCUT2D eigenvalue weighted by molar-refractivity contribution is 0.354. The molecular formula is C7H14N4. The Kier molecular flexibility index (Phi) is 3.04. The molecule has 0 bridgehead atoms. The third-order valence-electron chi connectivity index (χ3n) is 1.74. The lowest BCUT2D eigenvalue weighted by atomic mass is 10.4. The lowest BCUT2D eigenvalue weighted by Gasteiger charge is -2.27. The summed E-state index contributed by atoms with van der Waals surface area (Å²) in [7, 11) is 1.74. The number of rotatable bonds is 0. The van der Waals surface area contributed by atoms with Gasteiger partial charge in [-0.15, -0.1) is 0 Å². The molecule has 0 amide bonds. The molecular weight excluding hydrogens is 140 g/mol. The fourth-order valence-electron chi connectivity index (χ4n) is 1.18. The highest BCUT2D eigenvalue weighted by Crippen LogP contribution is 1.94. The fraction of sp³-hybridized carbons (Fsp3) is 0.714. The van der Waals surface area contributed by atoms with E-state index in [0.717, 1.165) is 32.1 Å².